The van der Waals surface area contributed by atoms with E-state index in [0.717, 1.165) is 17.9 Å². The lowest BCUT2D eigenvalue weighted by atomic mass is 10.2. The van der Waals surface area contributed by atoms with Crippen molar-refractivity contribution in [2.24, 2.45) is 0 Å². The van der Waals surface area contributed by atoms with Crippen LogP contribution in [0.4, 0.5) is 15.8 Å². The van der Waals surface area contributed by atoms with Gasteiger partial charge in [-0.15, -0.1) is 0 Å². The molecule has 1 aromatic carbocycles. The molecule has 0 saturated heterocycles. The zero-order valence-electron chi connectivity index (χ0n) is 12.1. The Bertz CT molecular complexity index is 415. The molecule has 0 aliphatic heterocycles. The minimum absolute atomic E-state index is 0.272. The Labute approximate surface area is 119 Å². The van der Waals surface area contributed by atoms with Crippen molar-refractivity contribution in [3.8, 4) is 5.75 Å². The van der Waals surface area contributed by atoms with Crippen molar-refractivity contribution in [2.75, 3.05) is 36.3 Å². The summed E-state index contributed by atoms with van der Waals surface area (Å²) in [4.78, 5) is 2.06. The number of ether oxygens (including phenoxy) is 1. The van der Waals surface area contributed by atoms with Crippen LogP contribution < -0.4 is 15.4 Å². The Morgan fingerprint density at radius 1 is 1.47 bits per heavy atom. The molecular weight excluding hydrogens is 263 g/mol. The molecule has 0 radical (unpaired) electrons. The van der Waals surface area contributed by atoms with Crippen LogP contribution in [0.1, 0.15) is 20.3 Å². The molecule has 3 nitrogen and oxygen atoms in total. The average Bonchev–Trinajstić information content (AvgIpc) is 2.37. The third-order valence-corrected chi connectivity index (χ3v) is 3.81. The highest BCUT2D eigenvalue weighted by molar-refractivity contribution is 7.98. The number of hydrogen-bond donors (Lipinski definition) is 1. The molecule has 19 heavy (non-hydrogen) atoms. The first kappa shape index (κ1) is 16.0. The molecule has 0 aliphatic rings. The lowest BCUT2D eigenvalue weighted by Crippen LogP contribution is -2.31. The monoisotopic (exact) mass is 286 g/mol. The lowest BCUT2D eigenvalue weighted by Gasteiger charge is -2.28. The molecule has 0 amide bonds. The van der Waals surface area contributed by atoms with Crippen LogP contribution in [0.2, 0.25) is 0 Å². The van der Waals surface area contributed by atoms with Gasteiger partial charge in [-0.05, 0) is 19.6 Å². The average molecular weight is 286 g/mol. The number of nitrogens with two attached hydrogens (primary N) is 1. The summed E-state index contributed by atoms with van der Waals surface area (Å²) in [5.41, 5.74) is 7.17. The van der Waals surface area contributed by atoms with Crippen molar-refractivity contribution in [3.63, 3.8) is 0 Å². The van der Waals surface area contributed by atoms with Crippen molar-refractivity contribution < 1.29 is 9.13 Å². The number of nitrogens with zero attached hydrogens (tertiary/aromatic N) is 1. The molecule has 1 rings (SSSR count). The Morgan fingerprint density at radius 3 is 2.74 bits per heavy atom. The van der Waals surface area contributed by atoms with Crippen molar-refractivity contribution in [1.29, 1.82) is 0 Å². The van der Waals surface area contributed by atoms with E-state index in [2.05, 4.69) is 18.1 Å². The number of thioether (sulfide) groups is 1. The van der Waals surface area contributed by atoms with Crippen LogP contribution in [0.3, 0.4) is 0 Å². The first-order chi connectivity index (χ1) is 9.01. The van der Waals surface area contributed by atoms with Gasteiger partial charge in [-0.2, -0.15) is 11.8 Å². The summed E-state index contributed by atoms with van der Waals surface area (Å²) in [6.07, 6.45) is 2.91. The minimum atomic E-state index is -0.402. The molecule has 0 saturated carbocycles. The highest BCUT2D eigenvalue weighted by Crippen LogP contribution is 2.31. The second-order valence-corrected chi connectivity index (χ2v) is 5.52. The minimum Gasteiger partial charge on any atom is -0.490 e. The predicted molar refractivity (Wildman–Crippen MR) is 82.8 cm³/mol. The van der Waals surface area contributed by atoms with Crippen LogP contribution >= 0.6 is 11.8 Å². The van der Waals surface area contributed by atoms with Gasteiger partial charge in [0.25, 0.3) is 0 Å². The van der Waals surface area contributed by atoms with Crippen molar-refractivity contribution in [2.45, 2.75) is 26.3 Å². The number of rotatable bonds is 7. The SMILES string of the molecule is CCCOc1cc(N(C)C(C)CSC)c(N)cc1F. The topological polar surface area (TPSA) is 38.5 Å². The second kappa shape index (κ2) is 7.48. The molecule has 0 spiro atoms. The lowest BCUT2D eigenvalue weighted by molar-refractivity contribution is 0.301. The number of halogens is 1. The van der Waals surface area contributed by atoms with Crippen molar-refractivity contribution in [1.82, 2.24) is 0 Å². The van der Waals surface area contributed by atoms with Crippen molar-refractivity contribution >= 4 is 23.1 Å². The molecule has 1 aromatic rings. The van der Waals surface area contributed by atoms with Gasteiger partial charge in [-0.25, -0.2) is 4.39 Å². The third-order valence-electron chi connectivity index (χ3n) is 2.99. The quantitative estimate of drug-likeness (QED) is 0.780. The zero-order chi connectivity index (χ0) is 14.4. The Morgan fingerprint density at radius 2 is 2.16 bits per heavy atom. The van der Waals surface area contributed by atoms with E-state index in [-0.39, 0.29) is 5.75 Å². The van der Waals surface area contributed by atoms with Gasteiger partial charge in [-0.1, -0.05) is 6.92 Å². The van der Waals surface area contributed by atoms with E-state index >= 15 is 0 Å². The highest BCUT2D eigenvalue weighted by atomic mass is 32.2. The summed E-state index contributed by atoms with van der Waals surface area (Å²) in [7, 11) is 1.97. The molecule has 2 N–H and O–H groups in total. The largest absolute Gasteiger partial charge is 0.490 e. The van der Waals surface area contributed by atoms with E-state index in [1.165, 1.54) is 6.07 Å². The van der Waals surface area contributed by atoms with E-state index in [4.69, 9.17) is 10.5 Å². The summed E-state index contributed by atoms with van der Waals surface area (Å²) in [6, 6.07) is 3.35. The van der Waals surface area contributed by atoms with Crippen LogP contribution in [0, 0.1) is 5.82 Å². The Balaban J connectivity index is 2.99. The third kappa shape index (κ3) is 4.20. The van der Waals surface area contributed by atoms with Crippen LogP contribution in [-0.2, 0) is 0 Å². The molecule has 0 bridgehead atoms. The number of nitrogen functional groups attached to an aromatic ring is 1. The van der Waals surface area contributed by atoms with E-state index in [9.17, 15) is 4.39 Å². The smallest absolute Gasteiger partial charge is 0.167 e. The van der Waals surface area contributed by atoms with E-state index in [1.807, 2.05) is 14.0 Å². The molecule has 5 heteroatoms. The summed E-state index contributed by atoms with van der Waals surface area (Å²) >= 11 is 1.77. The molecule has 0 fully saturated rings. The highest BCUT2D eigenvalue weighted by Gasteiger charge is 2.16. The van der Waals surface area contributed by atoms with Gasteiger partial charge >= 0.3 is 0 Å². The number of anilines is 2. The molecule has 108 valence electrons. The van der Waals surface area contributed by atoms with Gasteiger partial charge in [0.1, 0.15) is 0 Å². The standard InChI is InChI=1S/C14H23FN2OS/c1-5-6-18-14-8-13(12(16)7-11(14)15)17(3)10(2)9-19-4/h7-8,10H,5-6,9,16H2,1-4H3. The maximum Gasteiger partial charge on any atom is 0.167 e. The fourth-order valence-electron chi connectivity index (χ4n) is 1.78. The summed E-state index contributed by atoms with van der Waals surface area (Å²) in [5, 5.41) is 0. The van der Waals surface area contributed by atoms with Gasteiger partial charge in [0.15, 0.2) is 11.6 Å². The van der Waals surface area contributed by atoms with Crippen molar-refractivity contribution in [3.05, 3.63) is 17.9 Å². The fraction of sp³-hybridized carbons (Fsp3) is 0.571. The number of hydrogen-bond acceptors (Lipinski definition) is 4. The molecule has 0 aliphatic carbocycles. The van der Waals surface area contributed by atoms with Crippen LogP contribution in [0.25, 0.3) is 0 Å². The Hall–Kier alpha value is -1.10. The summed E-state index contributed by atoms with van der Waals surface area (Å²) in [5.74, 6) is 0.855. The van der Waals surface area contributed by atoms with E-state index in [0.29, 0.717) is 18.3 Å². The second-order valence-electron chi connectivity index (χ2n) is 4.61. The Kier molecular flexibility index (Phi) is 6.28. The molecule has 0 heterocycles. The summed E-state index contributed by atoms with van der Waals surface area (Å²) < 4.78 is 19.1. The predicted octanol–water partition coefficient (Wildman–Crippen LogP) is 3.38. The normalized spacial score (nSPS) is 12.3. The fourth-order valence-corrected chi connectivity index (χ4v) is 2.48. The van der Waals surface area contributed by atoms with Gasteiger partial charge in [0, 0.05) is 31.0 Å². The number of benzene rings is 1. The van der Waals surface area contributed by atoms with E-state index in [1.54, 1.807) is 17.8 Å². The molecule has 1 unspecified atom stereocenters. The van der Waals surface area contributed by atoms with Gasteiger partial charge in [0.05, 0.1) is 18.0 Å². The van der Waals surface area contributed by atoms with Gasteiger partial charge in [0.2, 0.25) is 0 Å². The maximum absolute atomic E-state index is 13.7. The first-order valence-electron chi connectivity index (χ1n) is 6.44. The first-order valence-corrected chi connectivity index (χ1v) is 7.84. The summed E-state index contributed by atoms with van der Waals surface area (Å²) in [6.45, 7) is 4.61. The zero-order valence-corrected chi connectivity index (χ0v) is 12.9. The molecule has 0 aromatic heterocycles. The van der Waals surface area contributed by atoms with Crippen LogP contribution in [-0.4, -0.2) is 31.7 Å². The van der Waals surface area contributed by atoms with E-state index < -0.39 is 5.82 Å². The van der Waals surface area contributed by atoms with Gasteiger partial charge in [-0.3, -0.25) is 0 Å². The molecular formula is C14H23FN2OS. The van der Waals surface area contributed by atoms with Gasteiger partial charge < -0.3 is 15.4 Å². The maximum atomic E-state index is 13.7. The van der Waals surface area contributed by atoms with Crippen LogP contribution in [0.5, 0.6) is 5.75 Å². The molecule has 1 atom stereocenters. The van der Waals surface area contributed by atoms with Crippen LogP contribution in [0.15, 0.2) is 12.1 Å².